The Kier molecular flexibility index (Phi) is 4.37. The van der Waals surface area contributed by atoms with E-state index < -0.39 is 17.4 Å². The average molecular weight is 310 g/mol. The molecule has 0 radical (unpaired) electrons. The monoisotopic (exact) mass is 310 g/mol. The summed E-state index contributed by atoms with van der Waals surface area (Å²) in [6.45, 7) is 7.85. The molecule has 2 fully saturated rings. The highest BCUT2D eigenvalue weighted by molar-refractivity contribution is 5.96. The van der Waals surface area contributed by atoms with E-state index in [1.807, 2.05) is 6.92 Å². The van der Waals surface area contributed by atoms with Crippen LogP contribution in [-0.4, -0.2) is 23.0 Å². The van der Waals surface area contributed by atoms with Gasteiger partial charge < -0.3 is 9.84 Å². The lowest BCUT2D eigenvalue weighted by Gasteiger charge is -2.43. The van der Waals surface area contributed by atoms with Crippen LogP contribution in [0.2, 0.25) is 0 Å². The summed E-state index contributed by atoms with van der Waals surface area (Å²) < 4.78 is 4.76. The number of carbonyl (C=O) groups is 3. The number of hydrogen-bond donors (Lipinski definition) is 1. The smallest absolute Gasteiger partial charge is 0.317 e. The number of rotatable bonds is 5. The Morgan fingerprint density at radius 2 is 1.77 bits per heavy atom. The van der Waals surface area contributed by atoms with Crippen LogP contribution in [0, 0.1) is 28.6 Å². The highest BCUT2D eigenvalue weighted by Crippen LogP contribution is 2.50. The summed E-state index contributed by atoms with van der Waals surface area (Å²) >= 11 is 0. The van der Waals surface area contributed by atoms with Crippen LogP contribution >= 0.6 is 0 Å². The number of carboxylic acid groups (broad SMARTS) is 1. The molecular weight excluding hydrogens is 284 g/mol. The van der Waals surface area contributed by atoms with Crippen LogP contribution in [0.1, 0.15) is 59.8 Å². The molecule has 1 aliphatic carbocycles. The fourth-order valence-electron chi connectivity index (χ4n) is 4.18. The van der Waals surface area contributed by atoms with Gasteiger partial charge in [-0.1, -0.05) is 20.8 Å². The zero-order valence-electron chi connectivity index (χ0n) is 13.8. The summed E-state index contributed by atoms with van der Waals surface area (Å²) in [6, 6.07) is 0. The predicted octanol–water partition coefficient (Wildman–Crippen LogP) is 3.02. The van der Waals surface area contributed by atoms with Gasteiger partial charge in [-0.2, -0.15) is 0 Å². The van der Waals surface area contributed by atoms with Crippen LogP contribution in [0.5, 0.6) is 0 Å². The van der Waals surface area contributed by atoms with Gasteiger partial charge in [-0.15, -0.1) is 0 Å². The highest BCUT2D eigenvalue weighted by atomic mass is 16.6. The van der Waals surface area contributed by atoms with Gasteiger partial charge in [-0.3, -0.25) is 14.4 Å². The van der Waals surface area contributed by atoms with Gasteiger partial charge in [0, 0.05) is 0 Å². The van der Waals surface area contributed by atoms with Gasteiger partial charge >= 0.3 is 17.9 Å². The molecule has 4 atom stereocenters. The average Bonchev–Trinajstić information content (AvgIpc) is 2.73. The fourth-order valence-corrected chi connectivity index (χ4v) is 4.18. The first kappa shape index (κ1) is 17.0. The van der Waals surface area contributed by atoms with Crippen molar-refractivity contribution in [2.75, 3.05) is 0 Å². The molecule has 4 unspecified atom stereocenters. The molecule has 124 valence electrons. The normalized spacial score (nSPS) is 31.4. The number of carboxylic acids is 1. The molecule has 2 rings (SSSR count). The first-order valence-electron chi connectivity index (χ1n) is 8.09. The molecule has 0 aromatic carbocycles. The standard InChI is InChI=1S/C17H26O5/c1-5-17(4,15(20)21)9-16(2,3)10-6-7-11-12(8-10)14(19)22-13(11)18/h10-12H,5-9H2,1-4H3,(H,20,21). The Hall–Kier alpha value is -1.39. The second-order valence-electron chi connectivity index (χ2n) is 7.85. The first-order chi connectivity index (χ1) is 10.1. The van der Waals surface area contributed by atoms with Crippen molar-refractivity contribution in [1.29, 1.82) is 0 Å². The van der Waals surface area contributed by atoms with Crippen molar-refractivity contribution in [3.8, 4) is 0 Å². The molecular formula is C17H26O5. The van der Waals surface area contributed by atoms with Crippen LogP contribution < -0.4 is 0 Å². The second-order valence-corrected chi connectivity index (χ2v) is 7.85. The van der Waals surface area contributed by atoms with Crippen LogP contribution in [0.25, 0.3) is 0 Å². The molecule has 1 N–H and O–H groups in total. The Morgan fingerprint density at radius 3 is 2.32 bits per heavy atom. The summed E-state index contributed by atoms with van der Waals surface area (Å²) in [7, 11) is 0. The third kappa shape index (κ3) is 2.90. The zero-order chi connectivity index (χ0) is 16.7. The minimum absolute atomic E-state index is 0.194. The van der Waals surface area contributed by atoms with E-state index in [2.05, 4.69) is 13.8 Å². The molecule has 1 saturated heterocycles. The lowest BCUT2D eigenvalue weighted by atomic mass is 9.60. The molecule has 0 amide bonds. The Balaban J connectivity index is 2.12. The highest BCUT2D eigenvalue weighted by Gasteiger charge is 2.51. The molecule has 22 heavy (non-hydrogen) atoms. The van der Waals surface area contributed by atoms with Crippen LogP contribution in [0.3, 0.4) is 0 Å². The second kappa shape index (κ2) is 5.67. The molecule has 1 heterocycles. The number of cyclic esters (lactones) is 2. The van der Waals surface area contributed by atoms with Gasteiger partial charge in [0.2, 0.25) is 0 Å². The molecule has 0 aromatic heterocycles. The van der Waals surface area contributed by atoms with E-state index in [9.17, 15) is 19.5 Å². The van der Waals surface area contributed by atoms with Crippen molar-refractivity contribution in [3.05, 3.63) is 0 Å². The summed E-state index contributed by atoms with van der Waals surface area (Å²) in [5, 5.41) is 9.50. The molecule has 2 aliphatic rings. The summed E-state index contributed by atoms with van der Waals surface area (Å²) in [5.41, 5.74) is -0.952. The largest absolute Gasteiger partial charge is 0.481 e. The van der Waals surface area contributed by atoms with Gasteiger partial charge in [0.05, 0.1) is 17.3 Å². The molecule has 5 heteroatoms. The molecule has 1 saturated carbocycles. The molecule has 5 nitrogen and oxygen atoms in total. The minimum Gasteiger partial charge on any atom is -0.481 e. The van der Waals surface area contributed by atoms with E-state index >= 15 is 0 Å². The predicted molar refractivity (Wildman–Crippen MR) is 79.9 cm³/mol. The fraction of sp³-hybridized carbons (Fsp3) is 0.824. The van der Waals surface area contributed by atoms with Crippen LogP contribution in [-0.2, 0) is 19.1 Å². The number of fused-ring (bicyclic) bond motifs is 1. The van der Waals surface area contributed by atoms with Gasteiger partial charge in [0.1, 0.15) is 0 Å². The van der Waals surface area contributed by atoms with Gasteiger partial charge in [0.25, 0.3) is 0 Å². The van der Waals surface area contributed by atoms with E-state index in [4.69, 9.17) is 4.74 Å². The Morgan fingerprint density at radius 1 is 1.18 bits per heavy atom. The van der Waals surface area contributed by atoms with Crippen LogP contribution in [0.4, 0.5) is 0 Å². The maximum Gasteiger partial charge on any atom is 0.317 e. The molecule has 0 bridgehead atoms. The third-order valence-electron chi connectivity index (χ3n) is 5.90. The van der Waals surface area contributed by atoms with E-state index in [1.165, 1.54) is 0 Å². The summed E-state index contributed by atoms with van der Waals surface area (Å²) in [5.74, 6) is -1.92. The quantitative estimate of drug-likeness (QED) is 0.623. The molecule has 0 spiro atoms. The summed E-state index contributed by atoms with van der Waals surface area (Å²) in [6.07, 6.45) is 3.28. The van der Waals surface area contributed by atoms with Gasteiger partial charge in [0.15, 0.2) is 0 Å². The van der Waals surface area contributed by atoms with Crippen molar-refractivity contribution in [2.45, 2.75) is 59.8 Å². The van der Waals surface area contributed by atoms with Gasteiger partial charge in [-0.25, -0.2) is 0 Å². The minimum atomic E-state index is -0.771. The van der Waals surface area contributed by atoms with E-state index in [0.29, 0.717) is 25.7 Å². The van der Waals surface area contributed by atoms with E-state index in [-0.39, 0.29) is 29.1 Å². The Bertz CT molecular complexity index is 495. The molecule has 0 aromatic rings. The SMILES string of the molecule is CCC(C)(CC(C)(C)C1CCC2C(=O)OC(=O)C2C1)C(=O)O. The van der Waals surface area contributed by atoms with Crippen molar-refractivity contribution < 1.29 is 24.2 Å². The number of aliphatic carboxylic acids is 1. The first-order valence-corrected chi connectivity index (χ1v) is 8.09. The van der Waals surface area contributed by atoms with Crippen LogP contribution in [0.15, 0.2) is 0 Å². The lowest BCUT2D eigenvalue weighted by Crippen LogP contribution is -2.40. The number of ether oxygens (including phenoxy) is 1. The van der Waals surface area contributed by atoms with Crippen molar-refractivity contribution in [1.82, 2.24) is 0 Å². The van der Waals surface area contributed by atoms with Crippen molar-refractivity contribution >= 4 is 17.9 Å². The maximum atomic E-state index is 11.8. The van der Waals surface area contributed by atoms with E-state index in [0.717, 1.165) is 6.42 Å². The zero-order valence-corrected chi connectivity index (χ0v) is 13.8. The number of carbonyl (C=O) groups excluding carboxylic acids is 2. The van der Waals surface area contributed by atoms with Crippen molar-refractivity contribution in [3.63, 3.8) is 0 Å². The van der Waals surface area contributed by atoms with Gasteiger partial charge in [-0.05, 0) is 50.4 Å². The number of hydrogen-bond acceptors (Lipinski definition) is 4. The lowest BCUT2D eigenvalue weighted by molar-refractivity contribution is -0.154. The topological polar surface area (TPSA) is 80.7 Å². The maximum absolute atomic E-state index is 11.8. The summed E-state index contributed by atoms with van der Waals surface area (Å²) in [4.78, 5) is 35.0. The number of esters is 2. The Labute approximate surface area is 131 Å². The van der Waals surface area contributed by atoms with E-state index in [1.54, 1.807) is 6.92 Å². The molecule has 1 aliphatic heterocycles. The third-order valence-corrected chi connectivity index (χ3v) is 5.90. The van der Waals surface area contributed by atoms with Crippen molar-refractivity contribution in [2.24, 2.45) is 28.6 Å².